The lowest BCUT2D eigenvalue weighted by molar-refractivity contribution is -0.136. The average molecular weight is 183 g/mol. The minimum atomic E-state index is 0.0873. The van der Waals surface area contributed by atoms with Crippen molar-refractivity contribution in [2.24, 2.45) is 0 Å². The third-order valence-electron chi connectivity index (χ3n) is 2.06. The predicted octanol–water partition coefficient (Wildman–Crippen LogP) is 1.20. The maximum absolute atomic E-state index is 11.5. The summed E-state index contributed by atoms with van der Waals surface area (Å²) >= 11 is 0. The smallest absolute Gasteiger partial charge is 0.249 e. The molecule has 0 spiro atoms. The van der Waals surface area contributed by atoms with E-state index in [9.17, 15) is 4.79 Å². The third kappa shape index (κ3) is 3.19. The monoisotopic (exact) mass is 183 g/mol. The highest BCUT2D eigenvalue weighted by molar-refractivity contribution is 5.78. The van der Waals surface area contributed by atoms with Gasteiger partial charge in [0.05, 0.1) is 0 Å². The highest BCUT2D eigenvalue weighted by atomic mass is 16.5. The van der Waals surface area contributed by atoms with Crippen molar-refractivity contribution in [3.8, 4) is 0 Å². The average Bonchev–Trinajstić information content (AvgIpc) is 2.93. The van der Waals surface area contributed by atoms with Crippen LogP contribution in [0.3, 0.4) is 0 Å². The van der Waals surface area contributed by atoms with E-state index in [-0.39, 0.29) is 12.5 Å². The lowest BCUT2D eigenvalue weighted by Gasteiger charge is -2.20. The Balaban J connectivity index is 2.33. The minimum Gasteiger partial charge on any atom is -0.372 e. The Morgan fingerprint density at radius 3 is 2.85 bits per heavy atom. The van der Waals surface area contributed by atoms with Gasteiger partial charge < -0.3 is 9.64 Å². The van der Waals surface area contributed by atoms with Crippen molar-refractivity contribution in [3.05, 3.63) is 12.7 Å². The molecule has 0 aromatic rings. The predicted molar refractivity (Wildman–Crippen MR) is 51.4 cm³/mol. The second-order valence-corrected chi connectivity index (χ2v) is 3.20. The van der Waals surface area contributed by atoms with Crippen LogP contribution in [0.25, 0.3) is 0 Å². The molecule has 0 aromatic carbocycles. The Labute approximate surface area is 79.4 Å². The highest BCUT2D eigenvalue weighted by Crippen LogP contribution is 2.26. The normalized spacial score (nSPS) is 15.5. The van der Waals surface area contributed by atoms with E-state index < -0.39 is 0 Å². The molecule has 0 N–H and O–H groups in total. The number of amides is 1. The Bertz CT molecular complexity index is 187. The number of ether oxygens (including phenoxy) is 1. The van der Waals surface area contributed by atoms with Crippen LogP contribution in [0.5, 0.6) is 0 Å². The van der Waals surface area contributed by atoms with Crippen LogP contribution in [0.1, 0.15) is 19.8 Å². The van der Waals surface area contributed by atoms with Gasteiger partial charge in [0, 0.05) is 19.2 Å². The quantitative estimate of drug-likeness (QED) is 0.579. The number of rotatable bonds is 6. The summed E-state index contributed by atoms with van der Waals surface area (Å²) in [6.07, 6.45) is 4.03. The topological polar surface area (TPSA) is 29.5 Å². The molecule has 3 nitrogen and oxygen atoms in total. The van der Waals surface area contributed by atoms with Crippen molar-refractivity contribution >= 4 is 5.91 Å². The molecule has 1 amide bonds. The molecule has 1 saturated carbocycles. The van der Waals surface area contributed by atoms with Crippen molar-refractivity contribution in [1.29, 1.82) is 0 Å². The van der Waals surface area contributed by atoms with Crippen molar-refractivity contribution in [2.75, 3.05) is 19.8 Å². The molecular formula is C10H17NO2. The van der Waals surface area contributed by atoms with Crippen molar-refractivity contribution in [1.82, 2.24) is 4.90 Å². The maximum atomic E-state index is 11.5. The van der Waals surface area contributed by atoms with Gasteiger partial charge in [0.1, 0.15) is 6.61 Å². The molecule has 1 aliphatic carbocycles. The molecule has 0 aromatic heterocycles. The lowest BCUT2D eigenvalue weighted by atomic mass is 10.4. The Morgan fingerprint density at radius 2 is 2.38 bits per heavy atom. The Morgan fingerprint density at radius 1 is 1.69 bits per heavy atom. The fourth-order valence-electron chi connectivity index (χ4n) is 1.25. The molecule has 0 heterocycles. The van der Waals surface area contributed by atoms with E-state index in [1.54, 1.807) is 6.08 Å². The van der Waals surface area contributed by atoms with Gasteiger partial charge in [-0.1, -0.05) is 6.08 Å². The van der Waals surface area contributed by atoms with Crippen LogP contribution in [0, 0.1) is 0 Å². The van der Waals surface area contributed by atoms with E-state index in [0.29, 0.717) is 19.2 Å². The van der Waals surface area contributed by atoms with E-state index in [4.69, 9.17) is 4.74 Å². The fraction of sp³-hybridized carbons (Fsp3) is 0.700. The van der Waals surface area contributed by atoms with Crippen LogP contribution in [-0.4, -0.2) is 36.6 Å². The first-order valence-corrected chi connectivity index (χ1v) is 4.77. The van der Waals surface area contributed by atoms with Gasteiger partial charge in [-0.3, -0.25) is 4.79 Å². The van der Waals surface area contributed by atoms with Gasteiger partial charge in [-0.15, -0.1) is 6.58 Å². The first-order chi connectivity index (χ1) is 6.29. The number of carbonyl (C=O) groups excluding carboxylic acids is 1. The van der Waals surface area contributed by atoms with Gasteiger partial charge in [0.2, 0.25) is 5.91 Å². The lowest BCUT2D eigenvalue weighted by Crippen LogP contribution is -2.36. The van der Waals surface area contributed by atoms with Gasteiger partial charge in [-0.05, 0) is 19.8 Å². The van der Waals surface area contributed by atoms with E-state index in [1.807, 2.05) is 11.8 Å². The van der Waals surface area contributed by atoms with Crippen LogP contribution in [-0.2, 0) is 9.53 Å². The van der Waals surface area contributed by atoms with Crippen LogP contribution < -0.4 is 0 Å². The van der Waals surface area contributed by atoms with E-state index >= 15 is 0 Å². The zero-order valence-electron chi connectivity index (χ0n) is 8.16. The van der Waals surface area contributed by atoms with Gasteiger partial charge in [0.15, 0.2) is 0 Å². The third-order valence-corrected chi connectivity index (χ3v) is 2.06. The summed E-state index contributed by atoms with van der Waals surface area (Å²) in [5.74, 6) is 0.0873. The van der Waals surface area contributed by atoms with Gasteiger partial charge in [-0.25, -0.2) is 0 Å². The highest BCUT2D eigenvalue weighted by Gasteiger charge is 2.31. The molecule has 0 atom stereocenters. The molecule has 0 bridgehead atoms. The van der Waals surface area contributed by atoms with Crippen molar-refractivity contribution in [2.45, 2.75) is 25.8 Å². The van der Waals surface area contributed by atoms with Crippen molar-refractivity contribution < 1.29 is 9.53 Å². The Kier molecular flexibility index (Phi) is 3.96. The first kappa shape index (κ1) is 10.3. The summed E-state index contributed by atoms with van der Waals surface area (Å²) in [4.78, 5) is 13.4. The second-order valence-electron chi connectivity index (χ2n) is 3.20. The zero-order valence-corrected chi connectivity index (χ0v) is 8.16. The standard InChI is InChI=1S/C10H17NO2/c1-3-7-11(9-5-6-9)10(12)8-13-4-2/h3,9H,1,4-8H2,2H3. The second kappa shape index (κ2) is 5.02. The molecular weight excluding hydrogens is 166 g/mol. The summed E-state index contributed by atoms with van der Waals surface area (Å²) in [7, 11) is 0. The van der Waals surface area contributed by atoms with Gasteiger partial charge in [-0.2, -0.15) is 0 Å². The molecule has 0 saturated heterocycles. The summed E-state index contributed by atoms with van der Waals surface area (Å²) in [5, 5.41) is 0. The molecule has 1 fully saturated rings. The molecule has 0 aliphatic heterocycles. The van der Waals surface area contributed by atoms with Gasteiger partial charge in [0.25, 0.3) is 0 Å². The summed E-state index contributed by atoms with van der Waals surface area (Å²) in [6.45, 7) is 6.98. The number of hydrogen-bond donors (Lipinski definition) is 0. The molecule has 3 heteroatoms. The molecule has 0 unspecified atom stereocenters. The largest absolute Gasteiger partial charge is 0.372 e. The van der Waals surface area contributed by atoms with Crippen LogP contribution in [0.4, 0.5) is 0 Å². The SMILES string of the molecule is C=CCN(C(=O)COCC)C1CC1. The summed E-state index contributed by atoms with van der Waals surface area (Å²) in [6, 6.07) is 0.450. The maximum Gasteiger partial charge on any atom is 0.249 e. The number of hydrogen-bond acceptors (Lipinski definition) is 2. The Hall–Kier alpha value is -0.830. The molecule has 1 rings (SSSR count). The number of carbonyl (C=O) groups is 1. The van der Waals surface area contributed by atoms with Crippen LogP contribution in [0.2, 0.25) is 0 Å². The van der Waals surface area contributed by atoms with Gasteiger partial charge >= 0.3 is 0 Å². The van der Waals surface area contributed by atoms with Crippen LogP contribution >= 0.6 is 0 Å². The van der Waals surface area contributed by atoms with Crippen LogP contribution in [0.15, 0.2) is 12.7 Å². The molecule has 74 valence electrons. The number of nitrogens with zero attached hydrogens (tertiary/aromatic N) is 1. The fourth-order valence-corrected chi connectivity index (χ4v) is 1.25. The van der Waals surface area contributed by atoms with E-state index in [2.05, 4.69) is 6.58 Å². The molecule has 1 aliphatic rings. The first-order valence-electron chi connectivity index (χ1n) is 4.77. The van der Waals surface area contributed by atoms with E-state index in [1.165, 1.54) is 0 Å². The summed E-state index contributed by atoms with van der Waals surface area (Å²) < 4.78 is 5.08. The molecule has 0 radical (unpaired) electrons. The zero-order chi connectivity index (χ0) is 9.68. The molecule has 13 heavy (non-hydrogen) atoms. The van der Waals surface area contributed by atoms with Crippen molar-refractivity contribution in [3.63, 3.8) is 0 Å². The minimum absolute atomic E-state index is 0.0873. The summed E-state index contributed by atoms with van der Waals surface area (Å²) in [5.41, 5.74) is 0. The van der Waals surface area contributed by atoms with E-state index in [0.717, 1.165) is 12.8 Å².